The van der Waals surface area contributed by atoms with Gasteiger partial charge >= 0.3 is 0 Å². The molecular weight excluding hydrogens is 456 g/mol. The van der Waals surface area contributed by atoms with E-state index in [0.717, 1.165) is 28.3 Å². The molecule has 0 bridgehead atoms. The van der Waals surface area contributed by atoms with Gasteiger partial charge in [0.15, 0.2) is 8.29 Å². The molecule has 3 aromatic carbocycles. The van der Waals surface area contributed by atoms with Crippen molar-refractivity contribution in [2.24, 2.45) is 0 Å². The van der Waals surface area contributed by atoms with Crippen molar-refractivity contribution in [2.45, 2.75) is 10.1 Å². The fourth-order valence-corrected chi connectivity index (χ4v) is 5.06. The number of benzene rings is 3. The monoisotopic (exact) mass is 471 g/mol. The summed E-state index contributed by atoms with van der Waals surface area (Å²) in [4.78, 5) is 12.4. The second-order valence-electron chi connectivity index (χ2n) is 6.45. The Kier molecular flexibility index (Phi) is 6.55. The summed E-state index contributed by atoms with van der Waals surface area (Å²) in [5.41, 5.74) is 2.00. The number of halogens is 2. The molecule has 9 heteroatoms. The van der Waals surface area contributed by atoms with Crippen LogP contribution in [0.25, 0.3) is 5.69 Å². The first-order chi connectivity index (χ1) is 15.0. The number of thioether (sulfide) groups is 1. The molecule has 156 valence electrons. The molecule has 0 aliphatic heterocycles. The Morgan fingerprint density at radius 1 is 1.06 bits per heavy atom. The van der Waals surface area contributed by atoms with E-state index in [1.165, 1.54) is 16.9 Å². The summed E-state index contributed by atoms with van der Waals surface area (Å²) in [6.07, 6.45) is 0. The van der Waals surface area contributed by atoms with Crippen molar-refractivity contribution in [3.8, 4) is 5.69 Å². The third kappa shape index (κ3) is 5.25. The van der Waals surface area contributed by atoms with Crippen molar-refractivity contribution in [1.82, 2.24) is 9.78 Å². The number of carbonyl (C=O) groups excluding carboxylic acids is 1. The molecule has 0 aliphatic carbocycles. The Labute approximate surface area is 190 Å². The molecule has 0 saturated heterocycles. The number of nitrogens with zero attached hydrogens (tertiary/aromatic N) is 2. The zero-order valence-electron chi connectivity index (χ0n) is 15.9. The van der Waals surface area contributed by atoms with Crippen molar-refractivity contribution < 1.29 is 13.6 Å². The van der Waals surface area contributed by atoms with Crippen LogP contribution >= 0.6 is 35.3 Å². The lowest BCUT2D eigenvalue weighted by atomic mass is 10.2. The van der Waals surface area contributed by atoms with Gasteiger partial charge in [0.05, 0.1) is 11.4 Å². The lowest BCUT2D eigenvalue weighted by molar-refractivity contribution is 0.102. The van der Waals surface area contributed by atoms with Crippen LogP contribution in [0.5, 0.6) is 0 Å². The van der Waals surface area contributed by atoms with Gasteiger partial charge in [0.2, 0.25) is 0 Å². The van der Waals surface area contributed by atoms with Crippen LogP contribution < -0.4 is 5.32 Å². The van der Waals surface area contributed by atoms with Gasteiger partial charge in [0.1, 0.15) is 11.6 Å². The predicted octanol–water partition coefficient (Wildman–Crippen LogP) is 6.49. The third-order valence-corrected chi connectivity index (χ3v) is 6.72. The first-order valence-corrected chi connectivity index (χ1v) is 11.3. The quantitative estimate of drug-likeness (QED) is 0.258. The second-order valence-corrected chi connectivity index (χ2v) is 9.29. The molecule has 1 aromatic heterocycles. The van der Waals surface area contributed by atoms with Gasteiger partial charge in [-0.15, -0.1) is 5.10 Å². The Hall–Kier alpha value is -2.88. The standard InChI is InChI=1S/C22H15F2N3OS3/c23-16-8-11-18(24)19(12-16)25-20(28)15-6-9-17(10-7-15)27-22(29)31-21(26-27)30-13-14-4-2-1-3-5-14/h1-12H,13H2,(H,25,28). The maximum atomic E-state index is 13.7. The van der Waals surface area contributed by atoms with E-state index in [1.54, 1.807) is 40.7 Å². The van der Waals surface area contributed by atoms with E-state index < -0.39 is 17.5 Å². The SMILES string of the molecule is O=C(Nc1cc(F)ccc1F)c1ccc(-n2nc(SCc3ccccc3)sc2=S)cc1. The van der Waals surface area contributed by atoms with Crippen LogP contribution in [0.3, 0.4) is 0 Å². The van der Waals surface area contributed by atoms with Crippen LogP contribution in [0.1, 0.15) is 15.9 Å². The molecule has 0 aliphatic rings. The number of hydrogen-bond donors (Lipinski definition) is 1. The Morgan fingerprint density at radius 3 is 2.55 bits per heavy atom. The lowest BCUT2D eigenvalue weighted by Crippen LogP contribution is -2.13. The molecule has 4 nitrogen and oxygen atoms in total. The molecule has 1 heterocycles. The lowest BCUT2D eigenvalue weighted by Gasteiger charge is -2.07. The minimum atomic E-state index is -0.708. The number of aromatic nitrogens is 2. The van der Waals surface area contributed by atoms with Crippen molar-refractivity contribution >= 4 is 46.9 Å². The molecule has 0 unspecified atom stereocenters. The van der Waals surface area contributed by atoms with Gasteiger partial charge in [-0.25, -0.2) is 13.5 Å². The normalized spacial score (nSPS) is 10.8. The summed E-state index contributed by atoms with van der Waals surface area (Å²) in [6.45, 7) is 0. The topological polar surface area (TPSA) is 46.9 Å². The highest BCUT2D eigenvalue weighted by molar-refractivity contribution is 8.00. The average molecular weight is 472 g/mol. The van der Waals surface area contributed by atoms with E-state index in [1.807, 2.05) is 18.2 Å². The van der Waals surface area contributed by atoms with Gasteiger partial charge < -0.3 is 5.32 Å². The molecular formula is C22H15F2N3OS3. The largest absolute Gasteiger partial charge is 0.319 e. The first-order valence-electron chi connectivity index (χ1n) is 9.13. The fraction of sp³-hybridized carbons (Fsp3) is 0.0455. The summed E-state index contributed by atoms with van der Waals surface area (Å²) >= 11 is 8.45. The van der Waals surface area contributed by atoms with E-state index >= 15 is 0 Å². The van der Waals surface area contributed by atoms with Gasteiger partial charge in [0, 0.05) is 17.4 Å². The Morgan fingerprint density at radius 2 is 1.81 bits per heavy atom. The molecule has 31 heavy (non-hydrogen) atoms. The van der Waals surface area contributed by atoms with Gasteiger partial charge in [-0.05, 0) is 54.2 Å². The number of carbonyl (C=O) groups is 1. The number of nitrogens with one attached hydrogen (secondary N) is 1. The highest BCUT2D eigenvalue weighted by atomic mass is 32.2. The summed E-state index contributed by atoms with van der Waals surface area (Å²) in [5.74, 6) is -1.10. The molecule has 0 spiro atoms. The summed E-state index contributed by atoms with van der Waals surface area (Å²) in [7, 11) is 0. The van der Waals surface area contributed by atoms with Crippen LogP contribution in [-0.2, 0) is 5.75 Å². The molecule has 1 amide bonds. The molecule has 0 saturated carbocycles. The van der Waals surface area contributed by atoms with Gasteiger partial charge in [-0.3, -0.25) is 4.79 Å². The maximum Gasteiger partial charge on any atom is 0.255 e. The van der Waals surface area contributed by atoms with Gasteiger partial charge in [-0.1, -0.05) is 53.4 Å². The molecule has 4 rings (SSSR count). The van der Waals surface area contributed by atoms with Crippen molar-refractivity contribution in [1.29, 1.82) is 0 Å². The number of amides is 1. The smallest absolute Gasteiger partial charge is 0.255 e. The minimum Gasteiger partial charge on any atom is -0.319 e. The molecule has 4 aromatic rings. The first kappa shape index (κ1) is 21.4. The van der Waals surface area contributed by atoms with E-state index in [2.05, 4.69) is 22.5 Å². The summed E-state index contributed by atoms with van der Waals surface area (Å²) < 4.78 is 30.1. The fourth-order valence-electron chi connectivity index (χ4n) is 2.74. The van der Waals surface area contributed by atoms with Crippen LogP contribution in [0.15, 0.2) is 77.1 Å². The van der Waals surface area contributed by atoms with Crippen LogP contribution in [0.2, 0.25) is 0 Å². The van der Waals surface area contributed by atoms with Crippen LogP contribution in [0, 0.1) is 15.6 Å². The van der Waals surface area contributed by atoms with Crippen LogP contribution in [-0.4, -0.2) is 15.7 Å². The molecule has 1 N–H and O–H groups in total. The zero-order chi connectivity index (χ0) is 21.8. The summed E-state index contributed by atoms with van der Waals surface area (Å²) in [6, 6.07) is 19.6. The van der Waals surface area contributed by atoms with Gasteiger partial charge in [-0.2, -0.15) is 0 Å². The van der Waals surface area contributed by atoms with E-state index in [4.69, 9.17) is 12.2 Å². The highest BCUT2D eigenvalue weighted by Gasteiger charge is 2.12. The van der Waals surface area contributed by atoms with Crippen molar-refractivity contribution in [3.63, 3.8) is 0 Å². The number of rotatable bonds is 6. The molecule has 0 atom stereocenters. The Bertz CT molecular complexity index is 1270. The third-order valence-electron chi connectivity index (χ3n) is 4.29. The Balaban J connectivity index is 1.46. The zero-order valence-corrected chi connectivity index (χ0v) is 18.4. The predicted molar refractivity (Wildman–Crippen MR) is 123 cm³/mol. The van der Waals surface area contributed by atoms with E-state index in [9.17, 15) is 13.6 Å². The van der Waals surface area contributed by atoms with Crippen LogP contribution in [0.4, 0.5) is 14.5 Å². The average Bonchev–Trinajstić information content (AvgIpc) is 3.16. The van der Waals surface area contributed by atoms with Gasteiger partial charge in [0.25, 0.3) is 5.91 Å². The molecule has 0 radical (unpaired) electrons. The second kappa shape index (κ2) is 9.51. The van der Waals surface area contributed by atoms with E-state index in [0.29, 0.717) is 15.2 Å². The molecule has 0 fully saturated rings. The van der Waals surface area contributed by atoms with E-state index in [-0.39, 0.29) is 5.69 Å². The maximum absolute atomic E-state index is 13.7. The summed E-state index contributed by atoms with van der Waals surface area (Å²) in [5, 5.41) is 6.94. The minimum absolute atomic E-state index is 0.212. The number of anilines is 1. The number of hydrogen-bond acceptors (Lipinski definition) is 5. The highest BCUT2D eigenvalue weighted by Crippen LogP contribution is 2.27. The van der Waals surface area contributed by atoms with Crippen molar-refractivity contribution in [3.05, 3.63) is 99.5 Å². The van der Waals surface area contributed by atoms with Crippen molar-refractivity contribution in [2.75, 3.05) is 5.32 Å².